The Balaban J connectivity index is 2.28. The summed E-state index contributed by atoms with van der Waals surface area (Å²) >= 11 is 3.28. The molecule has 1 atom stereocenters. The number of hydrogen-bond donors (Lipinski definition) is 1. The molecule has 2 rings (SSSR count). The fourth-order valence-electron chi connectivity index (χ4n) is 2.20. The van der Waals surface area contributed by atoms with Crippen LogP contribution in [0.2, 0.25) is 0 Å². The van der Waals surface area contributed by atoms with Gasteiger partial charge in [-0.15, -0.1) is 0 Å². The van der Waals surface area contributed by atoms with Gasteiger partial charge in [-0.1, -0.05) is 6.07 Å². The first-order chi connectivity index (χ1) is 12.0. The molecule has 140 valence electrons. The van der Waals surface area contributed by atoms with Crippen LogP contribution in [-0.2, 0) is 14.8 Å². The molecule has 1 heterocycles. The van der Waals surface area contributed by atoms with Crippen LogP contribution in [0.3, 0.4) is 0 Å². The number of ether oxygens (including phenoxy) is 1. The Morgan fingerprint density at radius 2 is 1.96 bits per heavy atom. The summed E-state index contributed by atoms with van der Waals surface area (Å²) in [5.41, 5.74) is 0.245. The van der Waals surface area contributed by atoms with Crippen molar-refractivity contribution in [2.24, 2.45) is 0 Å². The van der Waals surface area contributed by atoms with Gasteiger partial charge in [-0.3, -0.25) is 4.98 Å². The molecule has 0 aliphatic heterocycles. The highest BCUT2D eigenvalue weighted by molar-refractivity contribution is 9.10. The lowest BCUT2D eigenvalue weighted by Gasteiger charge is -2.20. The molecule has 2 aromatic rings. The van der Waals surface area contributed by atoms with E-state index in [1.54, 1.807) is 52.2 Å². The zero-order chi connectivity index (χ0) is 19.5. The molecule has 26 heavy (non-hydrogen) atoms. The van der Waals surface area contributed by atoms with E-state index in [4.69, 9.17) is 4.74 Å². The van der Waals surface area contributed by atoms with Crippen LogP contribution >= 0.6 is 15.9 Å². The summed E-state index contributed by atoms with van der Waals surface area (Å²) in [5.74, 6) is -0.624. The topological polar surface area (TPSA) is 85.4 Å². The van der Waals surface area contributed by atoms with Gasteiger partial charge in [0.1, 0.15) is 6.10 Å². The Labute approximate surface area is 162 Å². The Bertz CT molecular complexity index is 893. The van der Waals surface area contributed by atoms with E-state index in [2.05, 4.69) is 25.6 Å². The van der Waals surface area contributed by atoms with E-state index in [9.17, 15) is 13.2 Å². The summed E-state index contributed by atoms with van der Waals surface area (Å²) in [4.78, 5) is 16.5. The van der Waals surface area contributed by atoms with E-state index >= 15 is 0 Å². The molecule has 0 saturated carbocycles. The number of hydrogen-bond acceptors (Lipinski definition) is 5. The van der Waals surface area contributed by atoms with Crippen LogP contribution in [0.1, 0.15) is 49.7 Å². The van der Waals surface area contributed by atoms with Crippen molar-refractivity contribution in [3.63, 3.8) is 0 Å². The molecule has 0 amide bonds. The number of esters is 1. The molecule has 0 radical (unpaired) electrons. The highest BCUT2D eigenvalue weighted by Crippen LogP contribution is 2.25. The zero-order valence-electron chi connectivity index (χ0n) is 15.0. The van der Waals surface area contributed by atoms with E-state index in [-0.39, 0.29) is 10.5 Å². The second-order valence-corrected chi connectivity index (χ2v) is 9.37. The first kappa shape index (κ1) is 20.5. The third-order valence-electron chi connectivity index (χ3n) is 3.35. The fourth-order valence-corrected chi connectivity index (χ4v) is 4.05. The van der Waals surface area contributed by atoms with Crippen molar-refractivity contribution in [2.45, 2.75) is 44.2 Å². The second-order valence-electron chi connectivity index (χ2n) is 6.83. The first-order valence-corrected chi connectivity index (χ1v) is 10.2. The summed E-state index contributed by atoms with van der Waals surface area (Å²) in [6.07, 6.45) is 2.72. The number of halogens is 1. The fraction of sp³-hybridized carbons (Fsp3) is 0.333. The smallest absolute Gasteiger partial charge is 0.339 e. The second kappa shape index (κ2) is 7.85. The van der Waals surface area contributed by atoms with Gasteiger partial charge >= 0.3 is 5.97 Å². The minimum Gasteiger partial charge on any atom is -0.454 e. The van der Waals surface area contributed by atoms with Crippen molar-refractivity contribution in [2.75, 3.05) is 0 Å². The van der Waals surface area contributed by atoms with Gasteiger partial charge < -0.3 is 4.74 Å². The zero-order valence-corrected chi connectivity index (χ0v) is 17.4. The summed E-state index contributed by atoms with van der Waals surface area (Å²) in [7, 11) is -3.76. The third-order valence-corrected chi connectivity index (χ3v) is 5.79. The first-order valence-electron chi connectivity index (χ1n) is 7.94. The van der Waals surface area contributed by atoms with E-state index in [0.29, 0.717) is 4.47 Å². The van der Waals surface area contributed by atoms with E-state index in [1.807, 2.05) is 0 Å². The van der Waals surface area contributed by atoms with Crippen LogP contribution in [0, 0.1) is 0 Å². The van der Waals surface area contributed by atoms with Crippen LogP contribution in [-0.4, -0.2) is 24.9 Å². The molecule has 1 aromatic heterocycles. The number of carbonyl (C=O) groups is 1. The standard InChI is InChI=1S/C18H21BrN2O4S/c1-12(13-6-5-9-20-11-13)25-17(22)15-10-14(7-8-16(15)19)26(23,24)21-18(2,3)4/h5-12,21H,1-4H3. The summed E-state index contributed by atoms with van der Waals surface area (Å²) in [6.45, 7) is 6.96. The minimum absolute atomic E-state index is 0.00314. The number of nitrogens with one attached hydrogen (secondary N) is 1. The van der Waals surface area contributed by atoms with Crippen LogP contribution in [0.5, 0.6) is 0 Å². The maximum atomic E-state index is 12.5. The molecule has 0 bridgehead atoms. The molecule has 1 N–H and O–H groups in total. The molecule has 0 aliphatic carbocycles. The van der Waals surface area contributed by atoms with Crippen molar-refractivity contribution in [3.8, 4) is 0 Å². The monoisotopic (exact) mass is 440 g/mol. The SMILES string of the molecule is CC(OC(=O)c1cc(S(=O)(=O)NC(C)(C)C)ccc1Br)c1cccnc1. The molecule has 0 fully saturated rings. The highest BCUT2D eigenvalue weighted by Gasteiger charge is 2.24. The molecule has 0 spiro atoms. The molecular formula is C18H21BrN2O4S. The van der Waals surface area contributed by atoms with Gasteiger partial charge in [0.2, 0.25) is 10.0 Å². The quantitative estimate of drug-likeness (QED) is 0.713. The third kappa shape index (κ3) is 5.36. The molecular weight excluding hydrogens is 420 g/mol. The van der Waals surface area contributed by atoms with Crippen LogP contribution in [0.4, 0.5) is 0 Å². The largest absolute Gasteiger partial charge is 0.454 e. The van der Waals surface area contributed by atoms with Crippen LogP contribution in [0.15, 0.2) is 52.1 Å². The van der Waals surface area contributed by atoms with Crippen molar-refractivity contribution in [1.29, 1.82) is 0 Å². The number of rotatable bonds is 5. The molecule has 0 aliphatic rings. The Morgan fingerprint density at radius 3 is 2.54 bits per heavy atom. The molecule has 1 unspecified atom stereocenters. The lowest BCUT2D eigenvalue weighted by atomic mass is 10.1. The van der Waals surface area contributed by atoms with E-state index < -0.39 is 27.6 Å². The van der Waals surface area contributed by atoms with Gasteiger partial charge in [-0.25, -0.2) is 17.9 Å². The molecule has 8 heteroatoms. The average molecular weight is 441 g/mol. The Kier molecular flexibility index (Phi) is 6.21. The van der Waals surface area contributed by atoms with Gasteiger partial charge in [-0.2, -0.15) is 0 Å². The molecule has 1 aromatic carbocycles. The van der Waals surface area contributed by atoms with Crippen molar-refractivity contribution < 1.29 is 17.9 Å². The maximum absolute atomic E-state index is 12.5. The van der Waals surface area contributed by atoms with Crippen molar-refractivity contribution in [1.82, 2.24) is 9.71 Å². The lowest BCUT2D eigenvalue weighted by molar-refractivity contribution is 0.0336. The highest BCUT2D eigenvalue weighted by atomic mass is 79.9. The van der Waals surface area contributed by atoms with Gasteiger partial charge in [0, 0.05) is 28.0 Å². The minimum atomic E-state index is -3.76. The summed E-state index contributed by atoms with van der Waals surface area (Å²) in [5, 5.41) is 0. The maximum Gasteiger partial charge on any atom is 0.339 e. The number of nitrogens with zero attached hydrogens (tertiary/aromatic N) is 1. The number of benzene rings is 1. The Hall–Kier alpha value is -1.77. The predicted molar refractivity (Wildman–Crippen MR) is 102 cm³/mol. The Morgan fingerprint density at radius 1 is 1.27 bits per heavy atom. The average Bonchev–Trinajstić information content (AvgIpc) is 2.53. The van der Waals surface area contributed by atoms with E-state index in [1.165, 1.54) is 18.2 Å². The lowest BCUT2D eigenvalue weighted by Crippen LogP contribution is -2.40. The van der Waals surface area contributed by atoms with Crippen molar-refractivity contribution >= 4 is 31.9 Å². The van der Waals surface area contributed by atoms with Gasteiger partial charge in [0.15, 0.2) is 0 Å². The number of aromatic nitrogens is 1. The number of pyridine rings is 1. The number of sulfonamides is 1. The normalized spacial score (nSPS) is 13.3. The van der Waals surface area contributed by atoms with Crippen molar-refractivity contribution in [3.05, 3.63) is 58.3 Å². The predicted octanol–water partition coefficient (Wildman–Crippen LogP) is 3.84. The van der Waals surface area contributed by atoms with Gasteiger partial charge in [0.25, 0.3) is 0 Å². The number of carbonyl (C=O) groups excluding carboxylic acids is 1. The summed E-state index contributed by atoms with van der Waals surface area (Å²) in [6, 6.07) is 7.80. The van der Waals surface area contributed by atoms with Gasteiger partial charge in [-0.05, 0) is 67.9 Å². The van der Waals surface area contributed by atoms with Gasteiger partial charge in [0.05, 0.1) is 10.5 Å². The molecule has 6 nitrogen and oxygen atoms in total. The van der Waals surface area contributed by atoms with Crippen LogP contribution < -0.4 is 4.72 Å². The molecule has 0 saturated heterocycles. The van der Waals surface area contributed by atoms with E-state index in [0.717, 1.165) is 5.56 Å². The van der Waals surface area contributed by atoms with Crippen LogP contribution in [0.25, 0.3) is 0 Å². The summed E-state index contributed by atoms with van der Waals surface area (Å²) < 4.78 is 33.4.